The van der Waals surface area contributed by atoms with E-state index >= 15 is 0 Å². The van der Waals surface area contributed by atoms with Crippen molar-refractivity contribution in [2.75, 3.05) is 0 Å². The Morgan fingerprint density at radius 2 is 2.00 bits per heavy atom. The molecule has 4 heteroatoms. The van der Waals surface area contributed by atoms with Crippen LogP contribution in [-0.2, 0) is 0 Å². The van der Waals surface area contributed by atoms with Crippen molar-refractivity contribution in [2.24, 2.45) is 5.92 Å². The third-order valence-corrected chi connectivity index (χ3v) is 1.92. The molecule has 1 unspecified atom stereocenters. The van der Waals surface area contributed by atoms with Crippen LogP contribution in [0.2, 0.25) is 0 Å². The molecular weight excluding hydrogens is 193 g/mol. The maximum Gasteiger partial charge on any atom is 0.418 e. The van der Waals surface area contributed by atoms with Gasteiger partial charge in [-0.15, -0.1) is 0 Å². The summed E-state index contributed by atoms with van der Waals surface area (Å²) >= 11 is 0. The minimum atomic E-state index is -4.60. The molecule has 0 fully saturated rings. The SMILES string of the molecule is CC1C=CC=C([C@@H](O)C(F)(F)F)C=C1. The predicted octanol–water partition coefficient (Wildman–Crippen LogP) is 2.60. The van der Waals surface area contributed by atoms with Crippen LogP contribution in [-0.4, -0.2) is 17.4 Å². The average molecular weight is 204 g/mol. The molecule has 0 amide bonds. The first-order valence-electron chi connectivity index (χ1n) is 4.22. The Hall–Kier alpha value is -1.03. The number of hydrogen-bond donors (Lipinski definition) is 1. The summed E-state index contributed by atoms with van der Waals surface area (Å²) in [5.74, 6) is 0.0872. The van der Waals surface area contributed by atoms with Crippen LogP contribution >= 0.6 is 0 Å². The van der Waals surface area contributed by atoms with Crippen molar-refractivity contribution in [3.05, 3.63) is 36.0 Å². The van der Waals surface area contributed by atoms with Crippen LogP contribution in [0.1, 0.15) is 6.92 Å². The van der Waals surface area contributed by atoms with Gasteiger partial charge in [0.05, 0.1) is 0 Å². The smallest absolute Gasteiger partial charge is 0.379 e. The van der Waals surface area contributed by atoms with Crippen molar-refractivity contribution < 1.29 is 18.3 Å². The van der Waals surface area contributed by atoms with E-state index in [2.05, 4.69) is 0 Å². The summed E-state index contributed by atoms with van der Waals surface area (Å²) in [7, 11) is 0. The maximum absolute atomic E-state index is 12.1. The van der Waals surface area contributed by atoms with E-state index in [4.69, 9.17) is 5.11 Å². The molecule has 0 radical (unpaired) electrons. The van der Waals surface area contributed by atoms with Gasteiger partial charge in [0.2, 0.25) is 0 Å². The zero-order chi connectivity index (χ0) is 10.8. The molecular formula is C10H11F3O. The highest BCUT2D eigenvalue weighted by molar-refractivity contribution is 5.32. The first-order valence-corrected chi connectivity index (χ1v) is 4.22. The normalized spacial score (nSPS) is 24.4. The fourth-order valence-corrected chi connectivity index (χ4v) is 1.10. The van der Waals surface area contributed by atoms with E-state index < -0.39 is 12.3 Å². The van der Waals surface area contributed by atoms with E-state index in [9.17, 15) is 13.2 Å². The van der Waals surface area contributed by atoms with Gasteiger partial charge >= 0.3 is 6.18 Å². The molecule has 14 heavy (non-hydrogen) atoms. The van der Waals surface area contributed by atoms with Gasteiger partial charge in [-0.3, -0.25) is 0 Å². The van der Waals surface area contributed by atoms with E-state index in [0.29, 0.717) is 0 Å². The van der Waals surface area contributed by atoms with Gasteiger partial charge in [-0.25, -0.2) is 0 Å². The van der Waals surface area contributed by atoms with Gasteiger partial charge in [0, 0.05) is 0 Å². The van der Waals surface area contributed by atoms with Crippen LogP contribution < -0.4 is 0 Å². The quantitative estimate of drug-likeness (QED) is 0.696. The lowest BCUT2D eigenvalue weighted by Gasteiger charge is -2.14. The minimum absolute atomic E-state index is 0.0872. The maximum atomic E-state index is 12.1. The largest absolute Gasteiger partial charge is 0.418 e. The van der Waals surface area contributed by atoms with E-state index in [1.807, 2.05) is 6.92 Å². The summed E-state index contributed by atoms with van der Waals surface area (Å²) in [6, 6.07) is 0. The predicted molar refractivity (Wildman–Crippen MR) is 47.6 cm³/mol. The van der Waals surface area contributed by atoms with Crippen LogP contribution in [0.4, 0.5) is 13.2 Å². The third kappa shape index (κ3) is 2.73. The van der Waals surface area contributed by atoms with Gasteiger partial charge < -0.3 is 5.11 Å². The zero-order valence-corrected chi connectivity index (χ0v) is 7.62. The Bertz CT molecular complexity index is 286. The minimum Gasteiger partial charge on any atom is -0.379 e. The van der Waals surface area contributed by atoms with Crippen molar-refractivity contribution in [3.8, 4) is 0 Å². The molecule has 0 aliphatic heterocycles. The van der Waals surface area contributed by atoms with Gasteiger partial charge in [0.15, 0.2) is 6.10 Å². The Morgan fingerprint density at radius 1 is 1.36 bits per heavy atom. The van der Waals surface area contributed by atoms with Gasteiger partial charge in [-0.1, -0.05) is 37.3 Å². The van der Waals surface area contributed by atoms with Crippen LogP contribution in [0, 0.1) is 5.92 Å². The number of hydrogen-bond acceptors (Lipinski definition) is 1. The highest BCUT2D eigenvalue weighted by atomic mass is 19.4. The Morgan fingerprint density at radius 3 is 2.57 bits per heavy atom. The molecule has 0 saturated heterocycles. The van der Waals surface area contributed by atoms with Gasteiger partial charge in [0.25, 0.3) is 0 Å². The lowest BCUT2D eigenvalue weighted by Crippen LogP contribution is -2.29. The molecule has 0 aromatic rings. The molecule has 2 atom stereocenters. The highest BCUT2D eigenvalue weighted by Crippen LogP contribution is 2.27. The van der Waals surface area contributed by atoms with Crippen molar-refractivity contribution in [1.29, 1.82) is 0 Å². The van der Waals surface area contributed by atoms with Crippen molar-refractivity contribution >= 4 is 0 Å². The number of halogens is 3. The standard InChI is InChI=1S/C10H11F3O/c1-7-3-2-4-8(6-5-7)9(14)10(11,12)13/h2-7,9,14H,1H3/t7?,9-/m1/s1. The van der Waals surface area contributed by atoms with Gasteiger partial charge in [-0.05, 0) is 11.5 Å². The molecule has 0 heterocycles. The average Bonchev–Trinajstić information content (AvgIpc) is 2.27. The topological polar surface area (TPSA) is 20.2 Å². The van der Waals surface area contributed by atoms with E-state index in [-0.39, 0.29) is 11.5 Å². The van der Waals surface area contributed by atoms with Crippen LogP contribution in [0.3, 0.4) is 0 Å². The first kappa shape index (κ1) is 11.0. The summed E-state index contributed by atoms with van der Waals surface area (Å²) in [5.41, 5.74) is -0.127. The Kier molecular flexibility index (Phi) is 3.16. The van der Waals surface area contributed by atoms with Gasteiger partial charge in [0.1, 0.15) is 0 Å². The summed E-state index contributed by atoms with van der Waals surface area (Å²) in [5, 5.41) is 8.94. The monoisotopic (exact) mass is 204 g/mol. The second-order valence-electron chi connectivity index (χ2n) is 3.21. The molecule has 0 bridgehead atoms. The summed E-state index contributed by atoms with van der Waals surface area (Å²) in [6.07, 6.45) is 0.485. The number of alkyl halides is 3. The number of rotatable bonds is 1. The molecule has 1 aliphatic rings. The fourth-order valence-electron chi connectivity index (χ4n) is 1.10. The third-order valence-electron chi connectivity index (χ3n) is 1.92. The second-order valence-corrected chi connectivity index (χ2v) is 3.21. The van der Waals surface area contributed by atoms with Crippen molar-refractivity contribution in [3.63, 3.8) is 0 Å². The Labute approximate surface area is 80.2 Å². The fraction of sp³-hybridized carbons (Fsp3) is 0.400. The molecule has 0 aromatic heterocycles. The molecule has 1 nitrogen and oxygen atoms in total. The highest BCUT2D eigenvalue weighted by Gasteiger charge is 2.39. The Balaban J connectivity index is 2.84. The number of aliphatic hydroxyl groups is 1. The second kappa shape index (κ2) is 4.00. The lowest BCUT2D eigenvalue weighted by atomic mass is 10.1. The molecule has 0 spiro atoms. The summed E-state index contributed by atoms with van der Waals surface area (Å²) in [6.45, 7) is 1.85. The van der Waals surface area contributed by atoms with E-state index in [1.165, 1.54) is 18.2 Å². The van der Waals surface area contributed by atoms with Crippen LogP contribution in [0.25, 0.3) is 0 Å². The zero-order valence-electron chi connectivity index (χ0n) is 7.62. The van der Waals surface area contributed by atoms with Gasteiger partial charge in [-0.2, -0.15) is 13.2 Å². The van der Waals surface area contributed by atoms with Crippen LogP contribution in [0.15, 0.2) is 36.0 Å². The van der Waals surface area contributed by atoms with Crippen molar-refractivity contribution in [1.82, 2.24) is 0 Å². The number of aliphatic hydroxyl groups excluding tert-OH is 1. The van der Waals surface area contributed by atoms with E-state index in [1.54, 1.807) is 12.2 Å². The number of allylic oxidation sites excluding steroid dienone is 4. The lowest BCUT2D eigenvalue weighted by molar-refractivity contribution is -0.190. The molecule has 78 valence electrons. The molecule has 0 aromatic carbocycles. The molecule has 1 aliphatic carbocycles. The summed E-state index contributed by atoms with van der Waals surface area (Å²) in [4.78, 5) is 0. The van der Waals surface area contributed by atoms with E-state index in [0.717, 1.165) is 0 Å². The summed E-state index contributed by atoms with van der Waals surface area (Å²) < 4.78 is 36.3. The van der Waals surface area contributed by atoms with Crippen LogP contribution in [0.5, 0.6) is 0 Å². The molecule has 1 rings (SSSR count). The molecule has 1 N–H and O–H groups in total. The van der Waals surface area contributed by atoms with Crippen molar-refractivity contribution in [2.45, 2.75) is 19.2 Å². The molecule has 0 saturated carbocycles. The first-order chi connectivity index (χ1) is 6.41.